The highest BCUT2D eigenvalue weighted by Crippen LogP contribution is 2.26. The molecule has 4 nitrogen and oxygen atoms in total. The molecule has 102 valence electrons. The zero-order valence-corrected chi connectivity index (χ0v) is 11.9. The lowest BCUT2D eigenvalue weighted by molar-refractivity contribution is -0.117. The number of amides is 2. The third-order valence-electron chi connectivity index (χ3n) is 3.23. The lowest BCUT2D eigenvalue weighted by atomic mass is 10.1. The molecule has 0 saturated carbocycles. The molecule has 19 heavy (non-hydrogen) atoms. The van der Waals surface area contributed by atoms with E-state index >= 15 is 0 Å². The molecular formula is C14H17ClN2O2. The van der Waals surface area contributed by atoms with Crippen molar-refractivity contribution in [2.45, 2.75) is 6.42 Å². The number of hydrogen-bond donors (Lipinski definition) is 0. The van der Waals surface area contributed by atoms with Gasteiger partial charge in [0.15, 0.2) is 0 Å². The quantitative estimate of drug-likeness (QED) is 0.795. The lowest BCUT2D eigenvalue weighted by Gasteiger charge is -2.18. The number of hydrogen-bond acceptors (Lipinski definition) is 2. The van der Waals surface area contributed by atoms with Gasteiger partial charge in [-0.2, -0.15) is 0 Å². The van der Waals surface area contributed by atoms with E-state index in [4.69, 9.17) is 11.6 Å². The van der Waals surface area contributed by atoms with Crippen LogP contribution < -0.4 is 4.90 Å². The van der Waals surface area contributed by atoms with Gasteiger partial charge in [0.25, 0.3) is 5.91 Å². The van der Waals surface area contributed by atoms with Gasteiger partial charge in [-0.3, -0.25) is 9.59 Å². The third-order valence-corrected chi connectivity index (χ3v) is 3.67. The fourth-order valence-corrected chi connectivity index (χ4v) is 2.41. The summed E-state index contributed by atoms with van der Waals surface area (Å²) >= 11 is 5.81. The van der Waals surface area contributed by atoms with Crippen molar-refractivity contribution in [3.05, 3.63) is 29.8 Å². The van der Waals surface area contributed by atoms with Gasteiger partial charge in [-0.25, -0.2) is 0 Å². The van der Waals surface area contributed by atoms with Gasteiger partial charge in [0.2, 0.25) is 5.91 Å². The summed E-state index contributed by atoms with van der Waals surface area (Å²) in [7, 11) is 3.42. The Morgan fingerprint density at radius 3 is 2.79 bits per heavy atom. The maximum Gasteiger partial charge on any atom is 0.253 e. The highest BCUT2D eigenvalue weighted by molar-refractivity contribution is 6.18. The van der Waals surface area contributed by atoms with E-state index in [1.54, 1.807) is 37.2 Å². The molecule has 1 aromatic carbocycles. The molecule has 1 saturated heterocycles. The van der Waals surface area contributed by atoms with Gasteiger partial charge in [-0.15, -0.1) is 11.6 Å². The average molecular weight is 281 g/mol. The van der Waals surface area contributed by atoms with Crippen molar-refractivity contribution in [3.8, 4) is 0 Å². The molecule has 0 bridgehead atoms. The highest BCUT2D eigenvalue weighted by atomic mass is 35.5. The summed E-state index contributed by atoms with van der Waals surface area (Å²) < 4.78 is 0. The minimum absolute atomic E-state index is 0.0672. The number of carbonyl (C=O) groups is 2. The molecule has 0 aliphatic carbocycles. The standard InChI is InChI=1S/C14H17ClN2O2/c1-16(2)14(19)11-4-3-5-12(7-11)17-9-10(8-15)6-13(17)18/h3-5,7,10H,6,8-9H2,1-2H3. The number of nitrogens with zero attached hydrogens (tertiary/aromatic N) is 2. The normalized spacial score (nSPS) is 18.8. The van der Waals surface area contributed by atoms with E-state index in [1.807, 2.05) is 6.07 Å². The van der Waals surface area contributed by atoms with Crippen LogP contribution in [-0.2, 0) is 4.79 Å². The summed E-state index contributed by atoms with van der Waals surface area (Å²) in [6.07, 6.45) is 0.482. The average Bonchev–Trinajstić information content (AvgIpc) is 2.79. The molecular weight excluding hydrogens is 264 g/mol. The van der Waals surface area contributed by atoms with Gasteiger partial charge >= 0.3 is 0 Å². The second-order valence-corrected chi connectivity index (χ2v) is 5.29. The molecule has 1 aliphatic rings. The molecule has 1 fully saturated rings. The Hall–Kier alpha value is -1.55. The van der Waals surface area contributed by atoms with Crippen molar-refractivity contribution in [1.82, 2.24) is 4.90 Å². The molecule has 0 spiro atoms. The SMILES string of the molecule is CN(C)C(=O)c1cccc(N2CC(CCl)CC2=O)c1. The molecule has 1 unspecified atom stereocenters. The number of carbonyl (C=O) groups excluding carboxylic acids is 2. The van der Waals surface area contributed by atoms with Crippen LogP contribution in [0.2, 0.25) is 0 Å². The number of alkyl halides is 1. The zero-order valence-electron chi connectivity index (χ0n) is 11.1. The highest BCUT2D eigenvalue weighted by Gasteiger charge is 2.30. The van der Waals surface area contributed by atoms with Crippen LogP contribution in [0.1, 0.15) is 16.8 Å². The second kappa shape index (κ2) is 5.61. The van der Waals surface area contributed by atoms with Crippen LogP contribution in [0.25, 0.3) is 0 Å². The Kier molecular flexibility index (Phi) is 4.10. The number of anilines is 1. The molecule has 1 aliphatic heterocycles. The summed E-state index contributed by atoms with van der Waals surface area (Å²) in [5.41, 5.74) is 1.36. The maximum atomic E-state index is 11.9. The molecule has 1 atom stereocenters. The molecule has 1 heterocycles. The Morgan fingerprint density at radius 1 is 1.47 bits per heavy atom. The predicted molar refractivity (Wildman–Crippen MR) is 75.6 cm³/mol. The number of rotatable bonds is 3. The van der Waals surface area contributed by atoms with E-state index in [2.05, 4.69) is 0 Å². The maximum absolute atomic E-state index is 11.9. The van der Waals surface area contributed by atoms with Gasteiger partial charge in [0.1, 0.15) is 0 Å². The molecule has 5 heteroatoms. The van der Waals surface area contributed by atoms with Crippen molar-refractivity contribution < 1.29 is 9.59 Å². The molecule has 2 amide bonds. The number of benzene rings is 1. The number of halogens is 1. The monoisotopic (exact) mass is 280 g/mol. The van der Waals surface area contributed by atoms with Crippen molar-refractivity contribution in [3.63, 3.8) is 0 Å². The lowest BCUT2D eigenvalue weighted by Crippen LogP contribution is -2.26. The van der Waals surface area contributed by atoms with Crippen LogP contribution >= 0.6 is 11.6 Å². The van der Waals surface area contributed by atoms with Crippen molar-refractivity contribution in [2.75, 3.05) is 31.4 Å². The minimum Gasteiger partial charge on any atom is -0.345 e. The molecule has 0 aromatic heterocycles. The van der Waals surface area contributed by atoms with Crippen molar-refractivity contribution in [2.24, 2.45) is 5.92 Å². The van der Waals surface area contributed by atoms with Crippen LogP contribution in [0.3, 0.4) is 0 Å². The summed E-state index contributed by atoms with van der Waals surface area (Å²) in [5, 5.41) is 0. The Bertz CT molecular complexity index is 502. The molecule has 2 rings (SSSR count). The van der Waals surface area contributed by atoms with Crippen molar-refractivity contribution >= 4 is 29.1 Å². The largest absolute Gasteiger partial charge is 0.345 e. The van der Waals surface area contributed by atoms with E-state index in [9.17, 15) is 9.59 Å². The first-order valence-corrected chi connectivity index (χ1v) is 6.74. The van der Waals surface area contributed by atoms with Gasteiger partial charge < -0.3 is 9.80 Å². The van der Waals surface area contributed by atoms with Crippen LogP contribution in [0.15, 0.2) is 24.3 Å². The first-order chi connectivity index (χ1) is 9.02. The van der Waals surface area contributed by atoms with Crippen LogP contribution in [-0.4, -0.2) is 43.2 Å². The summed E-state index contributed by atoms with van der Waals surface area (Å²) in [5.74, 6) is 0.684. The first-order valence-electron chi connectivity index (χ1n) is 6.21. The Labute approximate surface area is 117 Å². The molecule has 0 radical (unpaired) electrons. The summed E-state index contributed by atoms with van der Waals surface area (Å²) in [6, 6.07) is 7.16. The zero-order chi connectivity index (χ0) is 14.0. The Morgan fingerprint density at radius 2 is 2.21 bits per heavy atom. The van der Waals surface area contributed by atoms with Gasteiger partial charge in [0, 0.05) is 44.2 Å². The predicted octanol–water partition coefficient (Wildman–Crippen LogP) is 1.98. The van der Waals surface area contributed by atoms with Gasteiger partial charge in [0.05, 0.1) is 0 Å². The fraction of sp³-hybridized carbons (Fsp3) is 0.429. The summed E-state index contributed by atoms with van der Waals surface area (Å²) in [4.78, 5) is 27.1. The summed E-state index contributed by atoms with van der Waals surface area (Å²) in [6.45, 7) is 0.627. The first kappa shape index (κ1) is 13.9. The van der Waals surface area contributed by atoms with E-state index < -0.39 is 0 Å². The van der Waals surface area contributed by atoms with E-state index in [1.165, 1.54) is 4.90 Å². The molecule has 1 aromatic rings. The van der Waals surface area contributed by atoms with E-state index in [0.717, 1.165) is 5.69 Å². The fourth-order valence-electron chi connectivity index (χ4n) is 2.20. The third kappa shape index (κ3) is 2.89. The van der Waals surface area contributed by atoms with E-state index in [0.29, 0.717) is 24.4 Å². The minimum atomic E-state index is -0.0672. The Balaban J connectivity index is 2.24. The topological polar surface area (TPSA) is 40.6 Å². The van der Waals surface area contributed by atoms with Crippen LogP contribution in [0.4, 0.5) is 5.69 Å². The van der Waals surface area contributed by atoms with Gasteiger partial charge in [-0.05, 0) is 24.1 Å². The van der Waals surface area contributed by atoms with Crippen LogP contribution in [0, 0.1) is 5.92 Å². The smallest absolute Gasteiger partial charge is 0.253 e. The molecule has 0 N–H and O–H groups in total. The van der Waals surface area contributed by atoms with Crippen LogP contribution in [0.5, 0.6) is 0 Å². The van der Waals surface area contributed by atoms with E-state index in [-0.39, 0.29) is 17.7 Å². The second-order valence-electron chi connectivity index (χ2n) is 4.98. The van der Waals surface area contributed by atoms with Crippen molar-refractivity contribution in [1.29, 1.82) is 0 Å². The van der Waals surface area contributed by atoms with Gasteiger partial charge in [-0.1, -0.05) is 6.07 Å².